The molecular weight excluding hydrogens is 270 g/mol. The number of carbonyl (C=O) groups excluding carboxylic acids is 2. The number of imide groups is 1. The van der Waals surface area contributed by atoms with E-state index >= 15 is 0 Å². The molecule has 1 aromatic carbocycles. The van der Waals surface area contributed by atoms with Crippen LogP contribution in [-0.2, 0) is 16.0 Å². The van der Waals surface area contributed by atoms with Gasteiger partial charge in [-0.25, -0.2) is 9.69 Å². The highest BCUT2D eigenvalue weighted by molar-refractivity contribution is 5.95. The van der Waals surface area contributed by atoms with E-state index in [0.29, 0.717) is 12.8 Å². The van der Waals surface area contributed by atoms with Gasteiger partial charge in [-0.2, -0.15) is 0 Å². The molecule has 0 saturated carbocycles. The van der Waals surface area contributed by atoms with Crippen molar-refractivity contribution in [1.82, 2.24) is 4.90 Å². The van der Waals surface area contributed by atoms with Crippen molar-refractivity contribution in [3.05, 3.63) is 48.0 Å². The minimum Gasteiger partial charge on any atom is -0.447 e. The number of ether oxygens (including phenoxy) is 1. The maximum Gasteiger partial charge on any atom is 0.416 e. The monoisotopic (exact) mass is 287 g/mol. The van der Waals surface area contributed by atoms with Crippen molar-refractivity contribution in [3.63, 3.8) is 0 Å². The van der Waals surface area contributed by atoms with E-state index in [9.17, 15) is 14.7 Å². The Morgan fingerprint density at radius 1 is 1.33 bits per heavy atom. The summed E-state index contributed by atoms with van der Waals surface area (Å²) in [6.07, 6.45) is 2.95. The molecule has 3 atom stereocenters. The number of rotatable bonds is 3. The number of benzene rings is 1. The third kappa shape index (κ3) is 2.69. The van der Waals surface area contributed by atoms with Crippen LogP contribution in [0.3, 0.4) is 0 Å². The minimum atomic E-state index is -0.816. The summed E-state index contributed by atoms with van der Waals surface area (Å²) in [4.78, 5) is 25.5. The van der Waals surface area contributed by atoms with Gasteiger partial charge in [0, 0.05) is 0 Å². The summed E-state index contributed by atoms with van der Waals surface area (Å²) in [5.74, 6) is -0.926. The second-order valence-corrected chi connectivity index (χ2v) is 5.39. The molecule has 5 nitrogen and oxygen atoms in total. The van der Waals surface area contributed by atoms with Crippen molar-refractivity contribution >= 4 is 12.0 Å². The highest BCUT2D eigenvalue weighted by atomic mass is 16.6. The lowest BCUT2D eigenvalue weighted by Crippen LogP contribution is -2.45. The molecule has 1 fully saturated rings. The van der Waals surface area contributed by atoms with E-state index in [2.05, 4.69) is 0 Å². The number of aliphatic hydroxyl groups is 1. The molecule has 2 aliphatic rings. The lowest BCUT2D eigenvalue weighted by atomic mass is 10.0. The van der Waals surface area contributed by atoms with Gasteiger partial charge in [0.1, 0.15) is 6.61 Å². The molecule has 0 radical (unpaired) electrons. The van der Waals surface area contributed by atoms with Crippen LogP contribution in [0.4, 0.5) is 4.79 Å². The van der Waals surface area contributed by atoms with E-state index < -0.39 is 18.1 Å². The number of aliphatic hydroxyl groups excluding tert-OH is 1. The van der Waals surface area contributed by atoms with E-state index in [-0.39, 0.29) is 18.6 Å². The average molecular weight is 287 g/mol. The number of amides is 2. The van der Waals surface area contributed by atoms with Crippen LogP contribution in [0.5, 0.6) is 0 Å². The zero-order valence-corrected chi connectivity index (χ0v) is 11.5. The normalized spacial score (nSPS) is 28.0. The third-order valence-corrected chi connectivity index (χ3v) is 3.97. The summed E-state index contributed by atoms with van der Waals surface area (Å²) in [6.45, 7) is 0.204. The van der Waals surface area contributed by atoms with Gasteiger partial charge in [0.25, 0.3) is 0 Å². The lowest BCUT2D eigenvalue weighted by molar-refractivity contribution is -0.135. The van der Waals surface area contributed by atoms with Crippen molar-refractivity contribution in [2.45, 2.75) is 25.0 Å². The van der Waals surface area contributed by atoms with Crippen LogP contribution in [0.25, 0.3) is 0 Å². The van der Waals surface area contributed by atoms with Crippen molar-refractivity contribution < 1.29 is 19.4 Å². The van der Waals surface area contributed by atoms with Gasteiger partial charge in [-0.05, 0) is 18.4 Å². The largest absolute Gasteiger partial charge is 0.447 e. The van der Waals surface area contributed by atoms with Gasteiger partial charge in [-0.15, -0.1) is 0 Å². The quantitative estimate of drug-likeness (QED) is 0.856. The smallest absolute Gasteiger partial charge is 0.416 e. The Bertz CT molecular complexity index is 569. The number of nitrogens with zero attached hydrogens (tertiary/aromatic N) is 1. The van der Waals surface area contributed by atoms with Crippen LogP contribution in [0.15, 0.2) is 42.5 Å². The van der Waals surface area contributed by atoms with Crippen LogP contribution < -0.4 is 0 Å². The Morgan fingerprint density at radius 2 is 2.10 bits per heavy atom. The average Bonchev–Trinajstić information content (AvgIpc) is 3.06. The van der Waals surface area contributed by atoms with Crippen molar-refractivity contribution in [2.24, 2.45) is 5.92 Å². The fourth-order valence-electron chi connectivity index (χ4n) is 2.83. The van der Waals surface area contributed by atoms with Gasteiger partial charge in [0.05, 0.1) is 18.1 Å². The molecule has 3 rings (SSSR count). The first kappa shape index (κ1) is 13.8. The maximum absolute atomic E-state index is 12.5. The Morgan fingerprint density at radius 3 is 2.76 bits per heavy atom. The molecule has 1 saturated heterocycles. The zero-order valence-electron chi connectivity index (χ0n) is 11.5. The summed E-state index contributed by atoms with van der Waals surface area (Å²) in [5.41, 5.74) is 1.05. The second-order valence-electron chi connectivity index (χ2n) is 5.39. The third-order valence-electron chi connectivity index (χ3n) is 3.97. The molecule has 1 N–H and O–H groups in total. The molecule has 110 valence electrons. The van der Waals surface area contributed by atoms with Gasteiger partial charge in [-0.1, -0.05) is 42.5 Å². The summed E-state index contributed by atoms with van der Waals surface area (Å²) in [6, 6.07) is 9.37. The Labute approximate surface area is 122 Å². The molecule has 1 aromatic rings. The van der Waals surface area contributed by atoms with Crippen LogP contribution in [0.2, 0.25) is 0 Å². The molecular formula is C16H17NO4. The highest BCUT2D eigenvalue weighted by Crippen LogP contribution is 2.26. The van der Waals surface area contributed by atoms with E-state index in [4.69, 9.17) is 4.74 Å². The summed E-state index contributed by atoms with van der Waals surface area (Å²) in [7, 11) is 0. The van der Waals surface area contributed by atoms with Crippen LogP contribution in [0.1, 0.15) is 12.0 Å². The minimum absolute atomic E-state index is 0.204. The Kier molecular flexibility index (Phi) is 3.75. The summed E-state index contributed by atoms with van der Waals surface area (Å²) in [5, 5.41) is 9.80. The molecule has 0 aromatic heterocycles. The molecule has 0 bridgehead atoms. The predicted molar refractivity (Wildman–Crippen MR) is 75.4 cm³/mol. The standard InChI is InChI=1S/C16H17NO4/c18-14-8-4-7-13(14)15(19)17-12(10-21-16(17)20)9-11-5-2-1-3-6-11/h1-6,8,12-14,18H,7,9-10H2/t12-,13-,14+/m0/s1. The van der Waals surface area contributed by atoms with Crippen molar-refractivity contribution in [3.8, 4) is 0 Å². The van der Waals surface area contributed by atoms with Crippen LogP contribution in [-0.4, -0.2) is 40.8 Å². The summed E-state index contributed by atoms with van der Waals surface area (Å²) < 4.78 is 5.03. The van der Waals surface area contributed by atoms with Crippen LogP contribution >= 0.6 is 0 Å². The first-order chi connectivity index (χ1) is 10.2. The van der Waals surface area contributed by atoms with Crippen LogP contribution in [0, 0.1) is 5.92 Å². The van der Waals surface area contributed by atoms with E-state index in [1.807, 2.05) is 30.3 Å². The van der Waals surface area contributed by atoms with E-state index in [1.165, 1.54) is 4.90 Å². The molecule has 2 amide bonds. The van der Waals surface area contributed by atoms with E-state index in [0.717, 1.165) is 5.56 Å². The molecule has 21 heavy (non-hydrogen) atoms. The Hall–Kier alpha value is -2.14. The zero-order chi connectivity index (χ0) is 14.8. The number of allylic oxidation sites excluding steroid dienone is 1. The van der Waals surface area contributed by atoms with Gasteiger partial charge in [0.15, 0.2) is 0 Å². The fourth-order valence-corrected chi connectivity index (χ4v) is 2.83. The number of carbonyl (C=O) groups is 2. The van der Waals surface area contributed by atoms with Gasteiger partial charge >= 0.3 is 6.09 Å². The van der Waals surface area contributed by atoms with Gasteiger partial charge in [0.2, 0.25) is 5.91 Å². The Balaban J connectivity index is 1.75. The molecule has 5 heteroatoms. The van der Waals surface area contributed by atoms with Crippen molar-refractivity contribution in [1.29, 1.82) is 0 Å². The first-order valence-electron chi connectivity index (χ1n) is 7.05. The highest BCUT2D eigenvalue weighted by Gasteiger charge is 2.42. The number of hydrogen-bond acceptors (Lipinski definition) is 4. The summed E-state index contributed by atoms with van der Waals surface area (Å²) >= 11 is 0. The SMILES string of the molecule is O=C1OC[C@H](Cc2ccccc2)N1C(=O)[C@H]1CC=C[C@H]1O. The first-order valence-corrected chi connectivity index (χ1v) is 7.05. The fraction of sp³-hybridized carbons (Fsp3) is 0.375. The van der Waals surface area contributed by atoms with Gasteiger partial charge in [-0.3, -0.25) is 4.79 Å². The molecule has 1 heterocycles. The maximum atomic E-state index is 12.5. The second kappa shape index (κ2) is 5.69. The number of hydrogen-bond donors (Lipinski definition) is 1. The number of cyclic esters (lactones) is 1. The molecule has 0 unspecified atom stereocenters. The lowest BCUT2D eigenvalue weighted by Gasteiger charge is -2.24. The van der Waals surface area contributed by atoms with Gasteiger partial charge < -0.3 is 9.84 Å². The molecule has 0 spiro atoms. The van der Waals surface area contributed by atoms with E-state index in [1.54, 1.807) is 12.2 Å². The predicted octanol–water partition coefficient (Wildman–Crippen LogP) is 1.51. The van der Waals surface area contributed by atoms with Crippen molar-refractivity contribution in [2.75, 3.05) is 6.61 Å². The topological polar surface area (TPSA) is 66.8 Å². The molecule has 1 aliphatic carbocycles. The molecule has 1 aliphatic heterocycles.